The fraction of sp³-hybridized carbons (Fsp3) is 0.267. The number of hydrogen-bond acceptors (Lipinski definition) is 4. The van der Waals surface area contributed by atoms with Crippen LogP contribution in [0.2, 0.25) is 0 Å². The van der Waals surface area contributed by atoms with E-state index in [2.05, 4.69) is 20.7 Å². The summed E-state index contributed by atoms with van der Waals surface area (Å²) in [6.07, 6.45) is 3.19. The summed E-state index contributed by atoms with van der Waals surface area (Å²) < 4.78 is 6.97. The van der Waals surface area contributed by atoms with Gasteiger partial charge in [0.1, 0.15) is 5.76 Å². The largest absolute Gasteiger partial charge is 0.467 e. The van der Waals surface area contributed by atoms with Gasteiger partial charge in [-0.25, -0.2) is 9.78 Å². The Bertz CT molecular complexity index is 807. The lowest BCUT2D eigenvalue weighted by molar-refractivity contribution is 0.247. The molecule has 7 nitrogen and oxygen atoms in total. The number of rotatable bonds is 3. The fourth-order valence-corrected chi connectivity index (χ4v) is 2.35. The van der Waals surface area contributed by atoms with Crippen LogP contribution in [0.1, 0.15) is 24.4 Å². The first-order valence-electron chi connectivity index (χ1n) is 6.95. The van der Waals surface area contributed by atoms with Crippen LogP contribution in [-0.4, -0.2) is 20.8 Å². The molecule has 2 amide bonds. The molecule has 3 rings (SSSR count). The second kappa shape index (κ2) is 5.51. The molecule has 3 heterocycles. The zero-order chi connectivity index (χ0) is 15.7. The average Bonchev–Trinajstić information content (AvgIpc) is 3.08. The highest BCUT2D eigenvalue weighted by molar-refractivity contribution is 5.92. The molecule has 7 heteroatoms. The molecule has 3 aromatic rings. The molecule has 0 unspecified atom stereocenters. The summed E-state index contributed by atoms with van der Waals surface area (Å²) >= 11 is 0. The Morgan fingerprint density at radius 3 is 3.00 bits per heavy atom. The molecular weight excluding hydrogens is 282 g/mol. The summed E-state index contributed by atoms with van der Waals surface area (Å²) in [6, 6.07) is 4.94. The molecule has 0 saturated heterocycles. The molecule has 0 fully saturated rings. The first kappa shape index (κ1) is 14.1. The maximum absolute atomic E-state index is 12.0. The predicted molar refractivity (Wildman–Crippen MR) is 82.5 cm³/mol. The van der Waals surface area contributed by atoms with Crippen molar-refractivity contribution < 1.29 is 9.21 Å². The number of anilines is 1. The second-order valence-corrected chi connectivity index (χ2v) is 5.14. The molecule has 0 spiro atoms. The van der Waals surface area contributed by atoms with Crippen molar-refractivity contribution in [3.8, 4) is 0 Å². The maximum atomic E-state index is 12.0. The van der Waals surface area contributed by atoms with Gasteiger partial charge in [-0.15, -0.1) is 0 Å². The van der Waals surface area contributed by atoms with E-state index in [0.717, 1.165) is 16.7 Å². The summed E-state index contributed by atoms with van der Waals surface area (Å²) in [7, 11) is 1.84. The van der Waals surface area contributed by atoms with Crippen LogP contribution in [-0.2, 0) is 7.05 Å². The van der Waals surface area contributed by atoms with Gasteiger partial charge in [0, 0.05) is 12.4 Å². The van der Waals surface area contributed by atoms with E-state index in [0.29, 0.717) is 11.4 Å². The Morgan fingerprint density at radius 1 is 1.45 bits per heavy atom. The van der Waals surface area contributed by atoms with Crippen molar-refractivity contribution in [2.24, 2.45) is 7.05 Å². The van der Waals surface area contributed by atoms with E-state index in [1.54, 1.807) is 23.2 Å². The summed E-state index contributed by atoms with van der Waals surface area (Å²) in [5, 5.41) is 10.8. The van der Waals surface area contributed by atoms with E-state index >= 15 is 0 Å². The van der Waals surface area contributed by atoms with Crippen molar-refractivity contribution in [2.45, 2.75) is 19.9 Å². The van der Waals surface area contributed by atoms with Crippen molar-refractivity contribution in [3.05, 3.63) is 42.1 Å². The molecule has 1 atom stereocenters. The zero-order valence-corrected chi connectivity index (χ0v) is 12.6. The number of carbonyl (C=O) groups is 1. The van der Waals surface area contributed by atoms with Crippen LogP contribution in [0, 0.1) is 6.92 Å². The van der Waals surface area contributed by atoms with Gasteiger partial charge in [0.05, 0.1) is 29.9 Å². The van der Waals surface area contributed by atoms with Gasteiger partial charge in [-0.2, -0.15) is 5.10 Å². The van der Waals surface area contributed by atoms with E-state index in [1.165, 1.54) is 0 Å². The van der Waals surface area contributed by atoms with Gasteiger partial charge in [-0.05, 0) is 32.0 Å². The zero-order valence-electron chi connectivity index (χ0n) is 12.6. The quantitative estimate of drug-likeness (QED) is 0.778. The first-order chi connectivity index (χ1) is 10.5. The highest BCUT2D eigenvalue weighted by Crippen LogP contribution is 2.19. The molecule has 114 valence electrons. The third kappa shape index (κ3) is 2.65. The van der Waals surface area contributed by atoms with Crippen molar-refractivity contribution in [3.63, 3.8) is 0 Å². The molecule has 0 aromatic carbocycles. The number of urea groups is 1. The average molecular weight is 299 g/mol. The maximum Gasteiger partial charge on any atom is 0.319 e. The van der Waals surface area contributed by atoms with E-state index in [1.807, 2.05) is 33.0 Å². The Labute approximate surface area is 127 Å². The van der Waals surface area contributed by atoms with Crippen LogP contribution >= 0.6 is 0 Å². The van der Waals surface area contributed by atoms with Crippen LogP contribution in [0.5, 0.6) is 0 Å². The standard InChI is InChI=1S/C15H17N5O2/c1-9-12-7-11(8-16-14(12)20(3)19-9)18-15(21)17-10(2)13-5-4-6-22-13/h4-8,10H,1-3H3,(H2,17,18,21)/t10-/m0/s1. The Kier molecular flexibility index (Phi) is 3.54. The van der Waals surface area contributed by atoms with Crippen LogP contribution in [0.15, 0.2) is 35.1 Å². The molecule has 0 aliphatic carbocycles. The van der Waals surface area contributed by atoms with Crippen molar-refractivity contribution >= 4 is 22.8 Å². The monoisotopic (exact) mass is 299 g/mol. The van der Waals surface area contributed by atoms with Crippen LogP contribution in [0.4, 0.5) is 10.5 Å². The molecule has 3 aromatic heterocycles. The highest BCUT2D eigenvalue weighted by Gasteiger charge is 2.13. The Hall–Kier alpha value is -2.83. The summed E-state index contributed by atoms with van der Waals surface area (Å²) in [4.78, 5) is 16.4. The molecular formula is C15H17N5O2. The van der Waals surface area contributed by atoms with Gasteiger partial charge in [-0.1, -0.05) is 0 Å². The van der Waals surface area contributed by atoms with Crippen LogP contribution < -0.4 is 10.6 Å². The molecule has 0 radical (unpaired) electrons. The number of furan rings is 1. The number of hydrogen-bond donors (Lipinski definition) is 2. The number of carbonyl (C=O) groups excluding carboxylic acids is 1. The van der Waals surface area contributed by atoms with Crippen LogP contribution in [0.3, 0.4) is 0 Å². The minimum atomic E-state index is -0.313. The number of nitrogens with one attached hydrogen (secondary N) is 2. The van der Waals surface area contributed by atoms with Gasteiger partial charge >= 0.3 is 6.03 Å². The molecule has 0 saturated carbocycles. The van der Waals surface area contributed by atoms with Crippen LogP contribution in [0.25, 0.3) is 11.0 Å². The number of pyridine rings is 1. The Morgan fingerprint density at radius 2 is 2.27 bits per heavy atom. The van der Waals surface area contributed by atoms with E-state index in [9.17, 15) is 4.79 Å². The summed E-state index contributed by atoms with van der Waals surface area (Å²) in [6.45, 7) is 3.76. The summed E-state index contributed by atoms with van der Waals surface area (Å²) in [5.74, 6) is 0.701. The lowest BCUT2D eigenvalue weighted by Crippen LogP contribution is -2.31. The lowest BCUT2D eigenvalue weighted by Gasteiger charge is -2.12. The SMILES string of the molecule is Cc1nn(C)c2ncc(NC(=O)N[C@@H](C)c3ccco3)cc12. The third-order valence-corrected chi connectivity index (χ3v) is 3.44. The normalized spacial score (nSPS) is 12.3. The van der Waals surface area contributed by atoms with E-state index in [4.69, 9.17) is 4.42 Å². The fourth-order valence-electron chi connectivity index (χ4n) is 2.35. The Balaban J connectivity index is 1.72. The molecule has 0 bridgehead atoms. The predicted octanol–water partition coefficient (Wildman–Crippen LogP) is 2.75. The highest BCUT2D eigenvalue weighted by atomic mass is 16.3. The van der Waals surface area contributed by atoms with E-state index in [-0.39, 0.29) is 12.1 Å². The van der Waals surface area contributed by atoms with Crippen molar-refractivity contribution in [2.75, 3.05) is 5.32 Å². The third-order valence-electron chi connectivity index (χ3n) is 3.44. The molecule has 22 heavy (non-hydrogen) atoms. The smallest absolute Gasteiger partial charge is 0.319 e. The number of fused-ring (bicyclic) bond motifs is 1. The number of nitrogens with zero attached hydrogens (tertiary/aromatic N) is 3. The molecule has 0 aliphatic heterocycles. The number of aromatic nitrogens is 3. The van der Waals surface area contributed by atoms with Gasteiger partial charge in [0.2, 0.25) is 0 Å². The first-order valence-corrected chi connectivity index (χ1v) is 6.95. The van der Waals surface area contributed by atoms with Gasteiger partial charge in [0.15, 0.2) is 5.65 Å². The minimum Gasteiger partial charge on any atom is -0.467 e. The van der Waals surface area contributed by atoms with Gasteiger partial charge in [0.25, 0.3) is 0 Å². The van der Waals surface area contributed by atoms with E-state index < -0.39 is 0 Å². The van der Waals surface area contributed by atoms with Gasteiger partial charge < -0.3 is 15.1 Å². The molecule has 2 N–H and O–H groups in total. The van der Waals surface area contributed by atoms with Gasteiger partial charge in [-0.3, -0.25) is 4.68 Å². The lowest BCUT2D eigenvalue weighted by atomic mass is 10.2. The number of aryl methyl sites for hydroxylation is 2. The van der Waals surface area contributed by atoms with Crippen molar-refractivity contribution in [1.29, 1.82) is 0 Å². The second-order valence-electron chi connectivity index (χ2n) is 5.14. The summed E-state index contributed by atoms with van der Waals surface area (Å²) in [5.41, 5.74) is 2.28. The van der Waals surface area contributed by atoms with Crippen molar-refractivity contribution in [1.82, 2.24) is 20.1 Å². The molecule has 0 aliphatic rings. The topological polar surface area (TPSA) is 85.0 Å². The number of amides is 2. The minimum absolute atomic E-state index is 0.216.